The van der Waals surface area contributed by atoms with E-state index in [1.807, 2.05) is 36.9 Å². The largest absolute Gasteiger partial charge is 0.315 e. The molecule has 2 aliphatic heterocycles. The van der Waals surface area contributed by atoms with E-state index in [2.05, 4.69) is 4.99 Å². The van der Waals surface area contributed by atoms with Gasteiger partial charge in [-0.15, -0.1) is 0 Å². The second-order valence-corrected chi connectivity index (χ2v) is 9.46. The highest BCUT2D eigenvalue weighted by Gasteiger charge is 2.49. The van der Waals surface area contributed by atoms with Crippen LogP contribution in [0.2, 0.25) is 0 Å². The van der Waals surface area contributed by atoms with E-state index in [-0.39, 0.29) is 28.7 Å². The second-order valence-electron chi connectivity index (χ2n) is 6.10. The molecule has 0 N–H and O–H groups in total. The van der Waals surface area contributed by atoms with Crippen LogP contribution in [0.25, 0.3) is 0 Å². The van der Waals surface area contributed by atoms with Gasteiger partial charge in [-0.05, 0) is 31.0 Å². The van der Waals surface area contributed by atoms with E-state index in [1.165, 1.54) is 11.8 Å². The Bertz CT molecular complexity index is 787. The fraction of sp³-hybridized carbons (Fsp3) is 0.500. The monoisotopic (exact) mass is 352 g/mol. The number of nitrogens with zero attached hydrogens (tertiary/aromatic N) is 2. The maximum Gasteiger partial charge on any atom is 0.247 e. The molecule has 2 heterocycles. The van der Waals surface area contributed by atoms with Crippen LogP contribution in [0.4, 0.5) is 5.69 Å². The van der Waals surface area contributed by atoms with E-state index < -0.39 is 9.84 Å². The molecule has 7 heteroatoms. The van der Waals surface area contributed by atoms with E-state index in [4.69, 9.17) is 0 Å². The number of anilines is 1. The van der Waals surface area contributed by atoms with Crippen LogP contribution in [0.1, 0.15) is 24.5 Å². The molecule has 0 aromatic heterocycles. The summed E-state index contributed by atoms with van der Waals surface area (Å²) in [5.74, 6) is 0.103. The summed E-state index contributed by atoms with van der Waals surface area (Å²) in [7, 11) is -3.03. The minimum Gasteiger partial charge on any atom is -0.315 e. The third-order valence-corrected chi connectivity index (χ3v) is 7.42. The van der Waals surface area contributed by atoms with Crippen LogP contribution in [0.3, 0.4) is 0 Å². The molecule has 1 aromatic carbocycles. The van der Waals surface area contributed by atoms with Gasteiger partial charge in [0, 0.05) is 17.4 Å². The first-order valence-electron chi connectivity index (χ1n) is 7.66. The number of rotatable bonds is 2. The van der Waals surface area contributed by atoms with Crippen LogP contribution in [0, 0.1) is 13.8 Å². The Morgan fingerprint density at radius 3 is 2.78 bits per heavy atom. The Balaban J connectivity index is 2.08. The highest BCUT2D eigenvalue weighted by Crippen LogP contribution is 2.42. The quantitative estimate of drug-likeness (QED) is 0.817. The average Bonchev–Trinajstić information content (AvgIpc) is 2.92. The summed E-state index contributed by atoms with van der Waals surface area (Å²) in [4.78, 5) is 18.0. The summed E-state index contributed by atoms with van der Waals surface area (Å²) in [5.41, 5.74) is 3.10. The number of carbonyl (C=O) groups excluding carboxylic acids is 1. The van der Waals surface area contributed by atoms with Crippen molar-refractivity contribution >= 4 is 38.4 Å². The number of carbonyl (C=O) groups is 1. The van der Waals surface area contributed by atoms with Gasteiger partial charge in [0.2, 0.25) is 5.91 Å². The summed E-state index contributed by atoms with van der Waals surface area (Å²) in [6, 6.07) is 5.94. The first kappa shape index (κ1) is 16.5. The van der Waals surface area contributed by atoms with Gasteiger partial charge in [-0.3, -0.25) is 4.79 Å². The van der Waals surface area contributed by atoms with Crippen LogP contribution in [0.5, 0.6) is 0 Å². The Morgan fingerprint density at radius 2 is 2.09 bits per heavy atom. The van der Waals surface area contributed by atoms with Crippen LogP contribution in [0.15, 0.2) is 23.2 Å². The van der Waals surface area contributed by atoms with E-state index in [0.29, 0.717) is 11.6 Å². The molecule has 2 aliphatic rings. The standard InChI is InChI=1S/C16H20N2O3S2/c1-4-15(19)17-16-18(12-7-10(2)5-6-11(12)3)13-8-23(20,21)9-14(13)22-16/h5-7,13-14H,4,8-9H2,1-3H3/t13-,14-/m0/s1. The molecule has 1 amide bonds. The number of fused-ring (bicyclic) bond motifs is 1. The second kappa shape index (κ2) is 5.94. The summed E-state index contributed by atoms with van der Waals surface area (Å²) < 4.78 is 24.0. The van der Waals surface area contributed by atoms with Gasteiger partial charge < -0.3 is 4.90 Å². The average molecular weight is 352 g/mol. The van der Waals surface area contributed by atoms with Gasteiger partial charge in [-0.25, -0.2) is 8.42 Å². The number of hydrogen-bond acceptors (Lipinski definition) is 4. The summed E-state index contributed by atoms with van der Waals surface area (Å²) in [6.07, 6.45) is 0.346. The topological polar surface area (TPSA) is 66.8 Å². The molecule has 0 saturated carbocycles. The molecule has 3 rings (SSSR count). The molecule has 1 aromatic rings. The summed E-state index contributed by atoms with van der Waals surface area (Å²) in [6.45, 7) is 5.78. The molecule has 0 spiro atoms. The molecule has 0 aliphatic carbocycles. The van der Waals surface area contributed by atoms with Gasteiger partial charge in [-0.2, -0.15) is 4.99 Å². The lowest BCUT2D eigenvalue weighted by Crippen LogP contribution is -2.38. The normalized spacial score (nSPS) is 27.4. The van der Waals surface area contributed by atoms with Crippen molar-refractivity contribution in [3.8, 4) is 0 Å². The SMILES string of the molecule is CCC(=O)N=C1S[C@H]2CS(=O)(=O)C[C@@H]2N1c1cc(C)ccc1C. The minimum absolute atomic E-state index is 0.0525. The van der Waals surface area contributed by atoms with Crippen molar-refractivity contribution in [2.45, 2.75) is 38.5 Å². The number of hydrogen-bond donors (Lipinski definition) is 0. The van der Waals surface area contributed by atoms with Crippen molar-refractivity contribution in [3.05, 3.63) is 29.3 Å². The van der Waals surface area contributed by atoms with Crippen LogP contribution in [-0.2, 0) is 14.6 Å². The molecule has 0 bridgehead atoms. The molecule has 5 nitrogen and oxygen atoms in total. The van der Waals surface area contributed by atoms with Crippen molar-refractivity contribution < 1.29 is 13.2 Å². The fourth-order valence-corrected chi connectivity index (χ4v) is 6.94. The minimum atomic E-state index is -3.03. The van der Waals surface area contributed by atoms with Crippen LogP contribution in [-0.4, -0.2) is 42.3 Å². The summed E-state index contributed by atoms with van der Waals surface area (Å²) >= 11 is 1.42. The number of sulfone groups is 1. The van der Waals surface area contributed by atoms with Gasteiger partial charge in [0.1, 0.15) is 0 Å². The van der Waals surface area contributed by atoms with Crippen LogP contribution < -0.4 is 4.90 Å². The Hall–Kier alpha value is -1.34. The van der Waals surface area contributed by atoms with Crippen molar-refractivity contribution in [1.29, 1.82) is 0 Å². The number of aliphatic imine (C=N–C) groups is 1. The van der Waals surface area contributed by atoms with Crippen LogP contribution >= 0.6 is 11.8 Å². The molecule has 2 saturated heterocycles. The molecule has 2 fully saturated rings. The number of aryl methyl sites for hydroxylation is 2. The fourth-order valence-electron chi connectivity index (χ4n) is 3.01. The van der Waals surface area contributed by atoms with Gasteiger partial charge in [0.25, 0.3) is 0 Å². The Labute approximate surface area is 141 Å². The first-order valence-corrected chi connectivity index (χ1v) is 10.4. The summed E-state index contributed by atoms with van der Waals surface area (Å²) in [5, 5.41) is 0.582. The maximum absolute atomic E-state index is 12.0. The van der Waals surface area contributed by atoms with E-state index in [9.17, 15) is 13.2 Å². The molecular formula is C16H20N2O3S2. The van der Waals surface area contributed by atoms with Gasteiger partial charge >= 0.3 is 0 Å². The van der Waals surface area contributed by atoms with Gasteiger partial charge in [0.15, 0.2) is 15.0 Å². The molecule has 0 radical (unpaired) electrons. The lowest BCUT2D eigenvalue weighted by molar-refractivity contribution is -0.117. The van der Waals surface area contributed by atoms with Crippen molar-refractivity contribution in [2.75, 3.05) is 16.4 Å². The molecule has 124 valence electrons. The third-order valence-electron chi connectivity index (χ3n) is 4.21. The first-order chi connectivity index (χ1) is 10.8. The predicted molar refractivity (Wildman–Crippen MR) is 94.9 cm³/mol. The van der Waals surface area contributed by atoms with E-state index in [1.54, 1.807) is 6.92 Å². The third kappa shape index (κ3) is 3.17. The van der Waals surface area contributed by atoms with Crippen molar-refractivity contribution in [1.82, 2.24) is 0 Å². The molecule has 23 heavy (non-hydrogen) atoms. The maximum atomic E-state index is 12.0. The Kier molecular flexibility index (Phi) is 4.27. The van der Waals surface area contributed by atoms with Gasteiger partial charge in [-0.1, -0.05) is 30.8 Å². The molecule has 0 unspecified atom stereocenters. The van der Waals surface area contributed by atoms with Crippen molar-refractivity contribution in [3.63, 3.8) is 0 Å². The number of amides is 1. The number of benzene rings is 1. The highest BCUT2D eigenvalue weighted by atomic mass is 32.2. The van der Waals surface area contributed by atoms with Gasteiger partial charge in [0.05, 0.1) is 17.5 Å². The zero-order chi connectivity index (χ0) is 16.8. The number of thioether (sulfide) groups is 1. The lowest BCUT2D eigenvalue weighted by atomic mass is 10.1. The molecular weight excluding hydrogens is 332 g/mol. The molecule has 2 atom stereocenters. The zero-order valence-electron chi connectivity index (χ0n) is 13.4. The predicted octanol–water partition coefficient (Wildman–Crippen LogP) is 2.31. The lowest BCUT2D eigenvalue weighted by Gasteiger charge is -2.26. The number of amidine groups is 1. The van der Waals surface area contributed by atoms with Crippen molar-refractivity contribution in [2.24, 2.45) is 4.99 Å². The van der Waals surface area contributed by atoms with E-state index in [0.717, 1.165) is 16.8 Å². The smallest absolute Gasteiger partial charge is 0.247 e. The van der Waals surface area contributed by atoms with E-state index >= 15 is 0 Å². The zero-order valence-corrected chi connectivity index (χ0v) is 15.1. The Morgan fingerprint density at radius 1 is 1.35 bits per heavy atom. The highest BCUT2D eigenvalue weighted by molar-refractivity contribution is 8.16.